The molecule has 4 aromatic carbocycles. The van der Waals surface area contributed by atoms with Crippen LogP contribution in [-0.2, 0) is 10.0 Å². The molecule has 180 valence electrons. The van der Waals surface area contributed by atoms with Gasteiger partial charge in [-0.1, -0.05) is 72.3 Å². The van der Waals surface area contributed by atoms with Crippen LogP contribution in [0.15, 0.2) is 108 Å². The number of hydrogen-bond donors (Lipinski definition) is 0. The average Bonchev–Trinajstić information content (AvgIpc) is 3.29. The molecule has 6 aromatic rings. The van der Waals surface area contributed by atoms with E-state index in [1.807, 2.05) is 55.5 Å². The van der Waals surface area contributed by atoms with E-state index in [4.69, 9.17) is 0 Å². The summed E-state index contributed by atoms with van der Waals surface area (Å²) in [7, 11) is -3.80. The number of allylic oxidation sites excluding steroid dienone is 2. The molecule has 0 aliphatic heterocycles. The topological polar surface area (TPSA) is 44.0 Å². The lowest BCUT2D eigenvalue weighted by atomic mass is 10.1. The molecule has 4 nitrogen and oxygen atoms in total. The number of rotatable bonds is 3. The Hall–Kier alpha value is -4.35. The van der Waals surface area contributed by atoms with Crippen LogP contribution in [0.1, 0.15) is 23.2 Å². The van der Waals surface area contributed by atoms with E-state index in [1.165, 1.54) is 14.9 Å². The van der Waals surface area contributed by atoms with Crippen molar-refractivity contribution in [3.63, 3.8) is 0 Å². The first-order chi connectivity index (χ1) is 18.0. The molecule has 1 aliphatic rings. The van der Waals surface area contributed by atoms with Crippen molar-refractivity contribution in [1.29, 1.82) is 0 Å². The van der Waals surface area contributed by atoms with Crippen molar-refractivity contribution < 1.29 is 8.42 Å². The van der Waals surface area contributed by atoms with Crippen molar-refractivity contribution >= 4 is 54.9 Å². The number of hydrogen-bond acceptors (Lipinski definition) is 2. The van der Waals surface area contributed by atoms with Crippen LogP contribution in [0, 0.1) is 6.92 Å². The minimum Gasteiger partial charge on any atom is -0.309 e. The van der Waals surface area contributed by atoms with Gasteiger partial charge in [0.25, 0.3) is 10.0 Å². The predicted octanol–water partition coefficient (Wildman–Crippen LogP) is 7.71. The first kappa shape index (κ1) is 21.9. The van der Waals surface area contributed by atoms with Gasteiger partial charge in [-0.25, -0.2) is 12.4 Å². The second-order valence-electron chi connectivity index (χ2n) is 9.49. The molecule has 1 aliphatic carbocycles. The van der Waals surface area contributed by atoms with Gasteiger partial charge in [0.1, 0.15) is 0 Å². The highest BCUT2D eigenvalue weighted by Gasteiger charge is 2.24. The van der Waals surface area contributed by atoms with Gasteiger partial charge in [0.05, 0.1) is 27.1 Å². The minimum absolute atomic E-state index is 0.281. The van der Waals surface area contributed by atoms with Crippen molar-refractivity contribution in [2.45, 2.75) is 18.2 Å². The Kier molecular flexibility index (Phi) is 4.78. The summed E-state index contributed by atoms with van der Waals surface area (Å²) in [5.41, 5.74) is 6.82. The van der Waals surface area contributed by atoms with E-state index in [1.54, 1.807) is 12.1 Å². The highest BCUT2D eigenvalue weighted by atomic mass is 32.2. The molecule has 0 amide bonds. The molecule has 0 radical (unpaired) electrons. The summed E-state index contributed by atoms with van der Waals surface area (Å²) in [5, 5.41) is 3.02. The molecule has 0 spiro atoms. The van der Waals surface area contributed by atoms with Crippen LogP contribution in [0.25, 0.3) is 50.5 Å². The molecule has 0 unspecified atom stereocenters. The van der Waals surface area contributed by atoms with Crippen molar-refractivity contribution in [3.05, 3.63) is 120 Å². The van der Waals surface area contributed by atoms with Crippen molar-refractivity contribution in [2.24, 2.45) is 0 Å². The maximum atomic E-state index is 13.9. The third-order valence-corrected chi connectivity index (χ3v) is 8.96. The van der Waals surface area contributed by atoms with Gasteiger partial charge in [0.15, 0.2) is 0 Å². The lowest BCUT2D eigenvalue weighted by molar-refractivity contribution is 0.590. The number of aryl methyl sites for hydroxylation is 1. The molecule has 0 N–H and O–H groups in total. The van der Waals surface area contributed by atoms with Gasteiger partial charge in [0, 0.05) is 27.4 Å². The fraction of sp³-hybridized carbons (Fsp3) is 0.0625. The van der Waals surface area contributed by atoms with Gasteiger partial charge in [-0.3, -0.25) is 0 Å². The zero-order chi connectivity index (χ0) is 25.1. The predicted molar refractivity (Wildman–Crippen MR) is 153 cm³/mol. The van der Waals surface area contributed by atoms with E-state index >= 15 is 0 Å². The molecule has 0 saturated carbocycles. The van der Waals surface area contributed by atoms with Gasteiger partial charge in [-0.2, -0.15) is 0 Å². The third-order valence-electron chi connectivity index (χ3n) is 7.21. The van der Waals surface area contributed by atoms with E-state index in [9.17, 15) is 8.42 Å². The first-order valence-electron chi connectivity index (χ1n) is 12.4. The average molecular weight is 501 g/mol. The summed E-state index contributed by atoms with van der Waals surface area (Å²) in [5.74, 6) is 0. The van der Waals surface area contributed by atoms with E-state index in [0.29, 0.717) is 11.0 Å². The second-order valence-corrected chi connectivity index (χ2v) is 11.3. The quantitative estimate of drug-likeness (QED) is 0.250. The summed E-state index contributed by atoms with van der Waals surface area (Å²) in [4.78, 5) is 0.281. The van der Waals surface area contributed by atoms with Gasteiger partial charge in [0.2, 0.25) is 0 Å². The molecule has 2 heterocycles. The summed E-state index contributed by atoms with van der Waals surface area (Å²) in [6, 6.07) is 29.3. The van der Waals surface area contributed by atoms with E-state index in [-0.39, 0.29) is 4.90 Å². The lowest BCUT2D eigenvalue weighted by Gasteiger charge is -2.12. The normalized spacial score (nSPS) is 13.4. The Morgan fingerprint density at radius 1 is 0.676 bits per heavy atom. The van der Waals surface area contributed by atoms with Gasteiger partial charge >= 0.3 is 0 Å². The Morgan fingerprint density at radius 3 is 2.16 bits per heavy atom. The Morgan fingerprint density at radius 2 is 1.35 bits per heavy atom. The first-order valence-corrected chi connectivity index (χ1v) is 13.8. The third kappa shape index (κ3) is 3.24. The fourth-order valence-electron chi connectivity index (χ4n) is 5.49. The number of aromatic nitrogens is 2. The molecule has 5 heteroatoms. The number of fused-ring (bicyclic) bond motifs is 6. The second kappa shape index (κ2) is 8.08. The van der Waals surface area contributed by atoms with Crippen LogP contribution in [0.5, 0.6) is 0 Å². The maximum Gasteiger partial charge on any atom is 0.268 e. The minimum atomic E-state index is -3.80. The summed E-state index contributed by atoms with van der Waals surface area (Å²) in [6.07, 6.45) is 9.64. The van der Waals surface area contributed by atoms with Gasteiger partial charge < -0.3 is 4.57 Å². The van der Waals surface area contributed by atoms with Crippen LogP contribution in [0.2, 0.25) is 0 Å². The van der Waals surface area contributed by atoms with Gasteiger partial charge in [-0.05, 0) is 61.9 Å². The Balaban J connectivity index is 1.53. The smallest absolute Gasteiger partial charge is 0.268 e. The highest BCUT2D eigenvalue weighted by molar-refractivity contribution is 7.90. The van der Waals surface area contributed by atoms with Crippen LogP contribution in [0.4, 0.5) is 0 Å². The van der Waals surface area contributed by atoms with Crippen LogP contribution >= 0.6 is 0 Å². The van der Waals surface area contributed by atoms with Crippen LogP contribution in [0.3, 0.4) is 0 Å². The summed E-state index contributed by atoms with van der Waals surface area (Å²) < 4.78 is 31.6. The Bertz CT molecular complexity index is 2020. The molecule has 0 bridgehead atoms. The highest BCUT2D eigenvalue weighted by Crippen LogP contribution is 2.37. The summed E-state index contributed by atoms with van der Waals surface area (Å²) >= 11 is 0. The lowest BCUT2D eigenvalue weighted by Crippen LogP contribution is -2.12. The van der Waals surface area contributed by atoms with Crippen molar-refractivity contribution in [1.82, 2.24) is 8.54 Å². The van der Waals surface area contributed by atoms with Crippen molar-refractivity contribution in [3.8, 4) is 5.69 Å². The molecular formula is C32H24N2O2S. The largest absolute Gasteiger partial charge is 0.309 e. The monoisotopic (exact) mass is 500 g/mol. The van der Waals surface area contributed by atoms with Crippen molar-refractivity contribution in [2.75, 3.05) is 0 Å². The number of benzene rings is 4. The molecule has 0 saturated heterocycles. The van der Waals surface area contributed by atoms with E-state index < -0.39 is 10.0 Å². The SMILES string of the molecule is Cc1ccc(S(=O)(=O)n2c3ccccc3c3cc(-n4c5c(c6ccccc64)C=CCC=C5)ccc32)cc1. The molecular weight excluding hydrogens is 476 g/mol. The van der Waals surface area contributed by atoms with Crippen LogP contribution < -0.4 is 0 Å². The zero-order valence-electron chi connectivity index (χ0n) is 20.3. The molecule has 2 aromatic heterocycles. The number of para-hydroxylation sites is 2. The van der Waals surface area contributed by atoms with Gasteiger partial charge in [-0.15, -0.1) is 0 Å². The Labute approximate surface area is 215 Å². The van der Waals surface area contributed by atoms with E-state index in [2.05, 4.69) is 59.2 Å². The number of nitrogens with zero attached hydrogens (tertiary/aromatic N) is 2. The molecule has 0 fully saturated rings. The molecule has 37 heavy (non-hydrogen) atoms. The fourth-order valence-corrected chi connectivity index (χ4v) is 7.01. The van der Waals surface area contributed by atoms with E-state index in [0.717, 1.165) is 39.7 Å². The zero-order valence-corrected chi connectivity index (χ0v) is 21.1. The molecule has 7 rings (SSSR count). The maximum absolute atomic E-state index is 13.9. The molecule has 0 atom stereocenters. The standard InChI is InChI=1S/C32H24N2O2S/c1-22-15-18-24(19-16-22)37(35,36)34-31-14-8-6-11-27(31)28-21-23(17-20-32(28)34)33-29-12-4-2-3-9-25(29)26-10-5-7-13-30(26)33/h3-21H,2H2,1H3. The van der Waals surface area contributed by atoms with Crippen LogP contribution in [-0.4, -0.2) is 17.0 Å². The summed E-state index contributed by atoms with van der Waals surface area (Å²) in [6.45, 7) is 1.95.